The molecule has 2 aromatic carbocycles. The Hall–Kier alpha value is -4.20. The zero-order valence-corrected chi connectivity index (χ0v) is 17.1. The largest absolute Gasteiger partial charge is 0.477 e. The van der Waals surface area contributed by atoms with Crippen LogP contribution in [-0.2, 0) is 11.2 Å². The quantitative estimate of drug-likeness (QED) is 0.487. The first-order valence-corrected chi connectivity index (χ1v) is 10.3. The molecule has 0 saturated heterocycles. The van der Waals surface area contributed by atoms with E-state index >= 15 is 0 Å². The van der Waals surface area contributed by atoms with Crippen LogP contribution in [0.4, 0.5) is 4.79 Å². The van der Waals surface area contributed by atoms with Crippen molar-refractivity contribution in [1.29, 1.82) is 0 Å². The molecule has 0 radical (unpaired) electrons. The number of carboxylic acid groups (broad SMARTS) is 1. The fourth-order valence-electron chi connectivity index (χ4n) is 4.15. The Bertz CT molecular complexity index is 1290. The van der Waals surface area contributed by atoms with Gasteiger partial charge in [0.25, 0.3) is 0 Å². The normalized spacial score (nSPS) is 12.4. The summed E-state index contributed by atoms with van der Waals surface area (Å²) in [7, 11) is 0. The molecule has 0 fully saturated rings. The van der Waals surface area contributed by atoms with E-state index in [0.29, 0.717) is 13.0 Å². The van der Waals surface area contributed by atoms with Crippen molar-refractivity contribution >= 4 is 17.7 Å². The molecule has 1 amide bonds. The topological polar surface area (TPSA) is 106 Å². The highest BCUT2D eigenvalue weighted by Crippen LogP contribution is 2.44. The van der Waals surface area contributed by atoms with Gasteiger partial charge in [-0.3, -0.25) is 0 Å². The highest BCUT2D eigenvalue weighted by Gasteiger charge is 2.28. The van der Waals surface area contributed by atoms with Crippen molar-refractivity contribution in [3.63, 3.8) is 0 Å². The average molecular weight is 428 g/mol. The van der Waals surface area contributed by atoms with Crippen molar-refractivity contribution in [2.45, 2.75) is 12.3 Å². The van der Waals surface area contributed by atoms with Crippen LogP contribution in [0.25, 0.3) is 16.8 Å². The van der Waals surface area contributed by atoms with Crippen LogP contribution in [0.5, 0.6) is 0 Å². The smallest absolute Gasteiger partial charge is 0.407 e. The molecule has 160 valence electrons. The molecule has 32 heavy (non-hydrogen) atoms. The number of nitrogens with one attached hydrogen (secondary N) is 1. The maximum absolute atomic E-state index is 12.3. The summed E-state index contributed by atoms with van der Waals surface area (Å²) in [5, 5.41) is 15.9. The second-order valence-electron chi connectivity index (χ2n) is 7.60. The van der Waals surface area contributed by atoms with Crippen LogP contribution >= 0.6 is 0 Å². The first-order valence-electron chi connectivity index (χ1n) is 10.3. The number of aromatic carboxylic acids is 1. The Morgan fingerprint density at radius 2 is 1.72 bits per heavy atom. The van der Waals surface area contributed by atoms with E-state index in [-0.39, 0.29) is 23.7 Å². The van der Waals surface area contributed by atoms with E-state index in [1.165, 1.54) is 33.0 Å². The molecule has 0 atom stereocenters. The molecule has 0 bridgehead atoms. The molecule has 4 aromatic rings. The minimum atomic E-state index is -1.07. The fourth-order valence-corrected chi connectivity index (χ4v) is 4.15. The third-order valence-corrected chi connectivity index (χ3v) is 5.67. The second kappa shape index (κ2) is 8.14. The fraction of sp³-hybridized carbons (Fsp3) is 0.167. The summed E-state index contributed by atoms with van der Waals surface area (Å²) in [5.41, 5.74) is 5.85. The van der Waals surface area contributed by atoms with Crippen LogP contribution in [0.15, 0.2) is 67.1 Å². The minimum absolute atomic E-state index is 0.0167. The lowest BCUT2D eigenvalue weighted by atomic mass is 9.98. The molecule has 1 aliphatic carbocycles. The molecule has 0 aliphatic heterocycles. The van der Waals surface area contributed by atoms with Gasteiger partial charge in [-0.05, 0) is 34.2 Å². The van der Waals surface area contributed by atoms with Gasteiger partial charge in [-0.2, -0.15) is 5.10 Å². The SMILES string of the molecule is O=C(NCCc1cnc2c(C(=O)O)cnn2c1)OCC1c2ccccc2-c2ccccc21. The van der Waals surface area contributed by atoms with Crippen molar-refractivity contribution in [2.75, 3.05) is 13.2 Å². The van der Waals surface area contributed by atoms with Gasteiger partial charge in [0.15, 0.2) is 5.65 Å². The summed E-state index contributed by atoms with van der Waals surface area (Å²) in [6, 6.07) is 16.4. The average Bonchev–Trinajstić information content (AvgIpc) is 3.37. The number of benzene rings is 2. The number of aromatic nitrogens is 3. The number of carbonyl (C=O) groups is 2. The summed E-state index contributed by atoms with van der Waals surface area (Å²) in [4.78, 5) is 27.6. The van der Waals surface area contributed by atoms with Gasteiger partial charge >= 0.3 is 12.1 Å². The Labute approximate surface area is 183 Å². The van der Waals surface area contributed by atoms with Crippen LogP contribution in [-0.4, -0.2) is 44.9 Å². The number of hydrogen-bond donors (Lipinski definition) is 2. The Morgan fingerprint density at radius 3 is 2.41 bits per heavy atom. The maximum Gasteiger partial charge on any atom is 0.407 e. The zero-order valence-electron chi connectivity index (χ0n) is 17.1. The third kappa shape index (κ3) is 3.56. The number of fused-ring (bicyclic) bond motifs is 4. The predicted octanol–water partition coefficient (Wildman–Crippen LogP) is 3.51. The van der Waals surface area contributed by atoms with Crippen molar-refractivity contribution in [2.24, 2.45) is 0 Å². The molecule has 2 heterocycles. The molecular weight excluding hydrogens is 408 g/mol. The van der Waals surface area contributed by atoms with E-state index in [1.807, 2.05) is 24.3 Å². The highest BCUT2D eigenvalue weighted by molar-refractivity contribution is 5.94. The molecule has 8 heteroatoms. The zero-order chi connectivity index (χ0) is 22.1. The lowest BCUT2D eigenvalue weighted by Gasteiger charge is -2.14. The number of amides is 1. The second-order valence-corrected chi connectivity index (χ2v) is 7.60. The van der Waals surface area contributed by atoms with E-state index in [2.05, 4.69) is 39.7 Å². The lowest BCUT2D eigenvalue weighted by molar-refractivity contribution is 0.0698. The Kier molecular flexibility index (Phi) is 5.03. The first-order chi connectivity index (χ1) is 15.6. The molecule has 5 rings (SSSR count). The van der Waals surface area contributed by atoms with Gasteiger partial charge in [-0.1, -0.05) is 48.5 Å². The summed E-state index contributed by atoms with van der Waals surface area (Å²) in [5.74, 6) is -1.06. The number of carbonyl (C=O) groups excluding carboxylic acids is 1. The van der Waals surface area contributed by atoms with E-state index < -0.39 is 12.1 Å². The van der Waals surface area contributed by atoms with E-state index in [0.717, 1.165) is 5.56 Å². The molecule has 2 aromatic heterocycles. The Balaban J connectivity index is 1.18. The predicted molar refractivity (Wildman–Crippen MR) is 117 cm³/mol. The van der Waals surface area contributed by atoms with Gasteiger partial charge in [0, 0.05) is 24.9 Å². The highest BCUT2D eigenvalue weighted by atomic mass is 16.5. The number of ether oxygens (including phenoxy) is 1. The number of alkyl carbamates (subject to hydrolysis) is 1. The molecular formula is C24H20N4O4. The first kappa shape index (κ1) is 19.7. The van der Waals surface area contributed by atoms with Crippen molar-refractivity contribution < 1.29 is 19.4 Å². The van der Waals surface area contributed by atoms with E-state index in [1.54, 1.807) is 12.4 Å². The van der Waals surface area contributed by atoms with Gasteiger partial charge in [0.2, 0.25) is 0 Å². The van der Waals surface area contributed by atoms with E-state index in [4.69, 9.17) is 9.84 Å². The molecule has 0 spiro atoms. The monoisotopic (exact) mass is 428 g/mol. The van der Waals surface area contributed by atoms with Gasteiger partial charge in [-0.15, -0.1) is 0 Å². The molecule has 0 saturated carbocycles. The van der Waals surface area contributed by atoms with Crippen LogP contribution in [0.1, 0.15) is 33.0 Å². The van der Waals surface area contributed by atoms with Crippen LogP contribution in [0.2, 0.25) is 0 Å². The summed E-state index contributed by atoms with van der Waals surface area (Å²) in [6.07, 6.45) is 4.59. The van der Waals surface area contributed by atoms with Gasteiger partial charge < -0.3 is 15.2 Å². The van der Waals surface area contributed by atoms with Crippen molar-refractivity contribution in [1.82, 2.24) is 19.9 Å². The minimum Gasteiger partial charge on any atom is -0.477 e. The van der Waals surface area contributed by atoms with Crippen LogP contribution in [0.3, 0.4) is 0 Å². The summed E-state index contributed by atoms with van der Waals surface area (Å²) in [6.45, 7) is 0.621. The van der Waals surface area contributed by atoms with E-state index in [9.17, 15) is 9.59 Å². The molecule has 1 aliphatic rings. The maximum atomic E-state index is 12.3. The number of carboxylic acids is 1. The lowest BCUT2D eigenvalue weighted by Crippen LogP contribution is -2.28. The number of rotatable bonds is 6. The van der Waals surface area contributed by atoms with Gasteiger partial charge in [0.05, 0.1) is 6.20 Å². The molecule has 2 N–H and O–H groups in total. The van der Waals surface area contributed by atoms with Gasteiger partial charge in [0.1, 0.15) is 12.2 Å². The van der Waals surface area contributed by atoms with Crippen LogP contribution in [0, 0.1) is 0 Å². The molecule has 8 nitrogen and oxygen atoms in total. The van der Waals surface area contributed by atoms with Crippen molar-refractivity contribution in [3.05, 3.63) is 89.4 Å². The summed E-state index contributed by atoms with van der Waals surface area (Å²) < 4.78 is 6.95. The van der Waals surface area contributed by atoms with Crippen LogP contribution < -0.4 is 5.32 Å². The summed E-state index contributed by atoms with van der Waals surface area (Å²) >= 11 is 0. The third-order valence-electron chi connectivity index (χ3n) is 5.67. The number of nitrogens with zero attached hydrogens (tertiary/aromatic N) is 3. The molecule has 0 unspecified atom stereocenters. The number of hydrogen-bond acceptors (Lipinski definition) is 5. The standard InChI is InChI=1S/C24H20N4O4/c29-23(30)20-12-27-28-13-15(11-26-22(20)28)9-10-25-24(31)32-14-21-18-7-3-1-5-16(18)17-6-2-4-8-19(17)21/h1-8,11-13,21H,9-10,14H2,(H,25,31)(H,29,30). The Morgan fingerprint density at radius 1 is 1.03 bits per heavy atom. The van der Waals surface area contributed by atoms with Crippen molar-refractivity contribution in [3.8, 4) is 11.1 Å². The van der Waals surface area contributed by atoms with Gasteiger partial charge in [-0.25, -0.2) is 19.1 Å².